The van der Waals surface area contributed by atoms with Crippen molar-refractivity contribution in [3.8, 4) is 11.8 Å². The maximum absolute atomic E-state index is 3.34. The highest BCUT2D eigenvalue weighted by Gasteiger charge is 2.03. The molecule has 0 radical (unpaired) electrons. The van der Waals surface area contributed by atoms with E-state index in [9.17, 15) is 0 Å². The van der Waals surface area contributed by atoms with E-state index >= 15 is 0 Å². The fraction of sp³-hybridized carbons (Fsp3) is 0.217. The normalized spacial score (nSPS) is 10.9. The maximum atomic E-state index is 3.34. The van der Waals surface area contributed by atoms with Gasteiger partial charge in [0.1, 0.15) is 0 Å². The minimum absolute atomic E-state index is 1.10. The average Bonchev–Trinajstić information content (AvgIpc) is 3.24. The molecule has 0 saturated carbocycles. The summed E-state index contributed by atoms with van der Waals surface area (Å²) < 4.78 is 2.67. The van der Waals surface area contributed by atoms with Crippen LogP contribution in [-0.2, 0) is 6.42 Å². The van der Waals surface area contributed by atoms with E-state index in [2.05, 4.69) is 72.7 Å². The summed E-state index contributed by atoms with van der Waals surface area (Å²) in [4.78, 5) is 1.14. The van der Waals surface area contributed by atoms with Crippen molar-refractivity contribution in [2.45, 2.75) is 32.6 Å². The summed E-state index contributed by atoms with van der Waals surface area (Å²) in [5.41, 5.74) is 2.51. The van der Waals surface area contributed by atoms with Crippen molar-refractivity contribution in [2.24, 2.45) is 0 Å². The van der Waals surface area contributed by atoms with Gasteiger partial charge in [0.2, 0.25) is 0 Å². The van der Waals surface area contributed by atoms with Crippen molar-refractivity contribution in [3.05, 3.63) is 69.9 Å². The lowest BCUT2D eigenvalue weighted by atomic mass is 10.1. The van der Waals surface area contributed by atoms with Crippen molar-refractivity contribution < 1.29 is 0 Å². The zero-order chi connectivity index (χ0) is 17.1. The van der Waals surface area contributed by atoms with Gasteiger partial charge in [-0.25, -0.2) is 0 Å². The van der Waals surface area contributed by atoms with Gasteiger partial charge in [0, 0.05) is 15.0 Å². The Kier molecular flexibility index (Phi) is 4.88. The van der Waals surface area contributed by atoms with Crippen molar-refractivity contribution in [1.29, 1.82) is 0 Å². The third-order valence-electron chi connectivity index (χ3n) is 4.44. The van der Waals surface area contributed by atoms with Gasteiger partial charge in [-0.05, 0) is 71.0 Å². The highest BCUT2D eigenvalue weighted by molar-refractivity contribution is 7.20. The van der Waals surface area contributed by atoms with Gasteiger partial charge in [0.25, 0.3) is 0 Å². The summed E-state index contributed by atoms with van der Waals surface area (Å²) in [5, 5.41) is 4.79. The summed E-state index contributed by atoms with van der Waals surface area (Å²) in [5.74, 6) is 6.66. The number of aryl methyl sites for hydroxylation is 1. The van der Waals surface area contributed by atoms with Crippen LogP contribution in [0.4, 0.5) is 0 Å². The van der Waals surface area contributed by atoms with Gasteiger partial charge >= 0.3 is 0 Å². The standard InChI is InChI=1S/C23H20S2/c1-2-3-4-5-17-6-8-18(9-7-17)10-11-21-14-20-16-22-19(12-13-24-22)15-23(20)25-21/h6-9,12-16H,2-5H2,1H3. The Balaban J connectivity index is 1.53. The highest BCUT2D eigenvalue weighted by atomic mass is 32.1. The largest absolute Gasteiger partial charge is 0.144 e. The zero-order valence-corrected chi connectivity index (χ0v) is 16.0. The van der Waals surface area contributed by atoms with Gasteiger partial charge in [-0.1, -0.05) is 43.7 Å². The number of thiophene rings is 2. The van der Waals surface area contributed by atoms with E-state index in [0.29, 0.717) is 0 Å². The van der Waals surface area contributed by atoms with Gasteiger partial charge in [-0.3, -0.25) is 0 Å². The van der Waals surface area contributed by atoms with Crippen LogP contribution in [0.2, 0.25) is 0 Å². The number of rotatable bonds is 4. The van der Waals surface area contributed by atoms with Crippen LogP contribution in [0.5, 0.6) is 0 Å². The van der Waals surface area contributed by atoms with Gasteiger partial charge in [0.15, 0.2) is 0 Å². The molecule has 0 aliphatic carbocycles. The molecule has 0 bridgehead atoms. The van der Waals surface area contributed by atoms with Gasteiger partial charge < -0.3 is 0 Å². The Morgan fingerprint density at radius 2 is 1.68 bits per heavy atom. The Bertz CT molecular complexity index is 1000. The molecule has 0 aliphatic rings. The number of benzene rings is 2. The van der Waals surface area contributed by atoms with Crippen LogP contribution in [0.1, 0.15) is 42.2 Å². The lowest BCUT2D eigenvalue weighted by Gasteiger charge is -2.00. The third kappa shape index (κ3) is 3.79. The van der Waals surface area contributed by atoms with Crippen LogP contribution < -0.4 is 0 Å². The van der Waals surface area contributed by atoms with E-state index in [1.54, 1.807) is 22.7 Å². The molecule has 4 aromatic rings. The summed E-state index contributed by atoms with van der Waals surface area (Å²) in [6.07, 6.45) is 5.04. The van der Waals surface area contributed by atoms with E-state index in [-0.39, 0.29) is 0 Å². The van der Waals surface area contributed by atoms with Crippen LogP contribution in [0.3, 0.4) is 0 Å². The molecule has 0 saturated heterocycles. The molecule has 0 nitrogen and oxygen atoms in total. The molecule has 0 atom stereocenters. The van der Waals surface area contributed by atoms with Crippen LogP contribution in [0, 0.1) is 11.8 Å². The van der Waals surface area contributed by atoms with Crippen molar-refractivity contribution in [3.63, 3.8) is 0 Å². The minimum Gasteiger partial charge on any atom is -0.144 e. The van der Waals surface area contributed by atoms with Crippen molar-refractivity contribution in [1.82, 2.24) is 0 Å². The van der Waals surface area contributed by atoms with Crippen molar-refractivity contribution >= 4 is 42.8 Å². The smallest absolute Gasteiger partial charge is 0.0784 e. The molecule has 0 fully saturated rings. The van der Waals surface area contributed by atoms with E-state index in [0.717, 1.165) is 10.4 Å². The summed E-state index contributed by atoms with van der Waals surface area (Å²) in [6, 6.07) is 17.7. The van der Waals surface area contributed by atoms with E-state index in [1.165, 1.54) is 51.4 Å². The highest BCUT2D eigenvalue weighted by Crippen LogP contribution is 2.32. The first-order valence-corrected chi connectivity index (χ1v) is 10.5. The number of hydrogen-bond acceptors (Lipinski definition) is 2. The number of unbranched alkanes of at least 4 members (excludes halogenated alkanes) is 2. The second kappa shape index (κ2) is 7.44. The fourth-order valence-electron chi connectivity index (χ4n) is 3.02. The van der Waals surface area contributed by atoms with Crippen LogP contribution >= 0.6 is 22.7 Å². The van der Waals surface area contributed by atoms with Crippen LogP contribution in [0.25, 0.3) is 20.2 Å². The Morgan fingerprint density at radius 1 is 0.840 bits per heavy atom. The molecule has 2 heteroatoms. The van der Waals surface area contributed by atoms with E-state index < -0.39 is 0 Å². The molecule has 2 heterocycles. The molecule has 0 spiro atoms. The van der Waals surface area contributed by atoms with E-state index in [4.69, 9.17) is 0 Å². The lowest BCUT2D eigenvalue weighted by molar-refractivity contribution is 0.717. The molecule has 124 valence electrons. The van der Waals surface area contributed by atoms with Crippen LogP contribution in [-0.4, -0.2) is 0 Å². The first-order valence-electron chi connectivity index (χ1n) is 8.83. The molecule has 25 heavy (non-hydrogen) atoms. The molecule has 0 unspecified atom stereocenters. The Hall–Kier alpha value is -2.08. The molecule has 2 aromatic heterocycles. The summed E-state index contributed by atoms with van der Waals surface area (Å²) in [7, 11) is 0. The Labute approximate surface area is 157 Å². The molecule has 0 aliphatic heterocycles. The molecule has 0 N–H and O–H groups in total. The molecule has 4 rings (SSSR count). The topological polar surface area (TPSA) is 0 Å². The fourth-order valence-corrected chi connectivity index (χ4v) is 4.79. The predicted octanol–water partition coefficient (Wildman–Crippen LogP) is 7.25. The average molecular weight is 361 g/mol. The minimum atomic E-state index is 1.10. The molecular weight excluding hydrogens is 340 g/mol. The molecule has 0 amide bonds. The molecular formula is C23H20S2. The molecule has 2 aromatic carbocycles. The maximum Gasteiger partial charge on any atom is 0.0784 e. The monoisotopic (exact) mass is 360 g/mol. The number of hydrogen-bond donors (Lipinski definition) is 0. The first-order chi connectivity index (χ1) is 12.3. The van der Waals surface area contributed by atoms with Crippen LogP contribution in [0.15, 0.2) is 53.9 Å². The SMILES string of the molecule is CCCCCc1ccc(C#Cc2cc3cc4sccc4cc3s2)cc1. The second-order valence-electron chi connectivity index (χ2n) is 6.36. The quantitative estimate of drug-likeness (QED) is 0.265. The van der Waals surface area contributed by atoms with Gasteiger partial charge in [-0.2, -0.15) is 0 Å². The predicted molar refractivity (Wildman–Crippen MR) is 113 cm³/mol. The first kappa shape index (κ1) is 16.4. The lowest BCUT2D eigenvalue weighted by Crippen LogP contribution is -1.85. The van der Waals surface area contributed by atoms with Crippen molar-refractivity contribution in [2.75, 3.05) is 0 Å². The second-order valence-corrected chi connectivity index (χ2v) is 8.39. The summed E-state index contributed by atoms with van der Waals surface area (Å²) in [6.45, 7) is 2.25. The van der Waals surface area contributed by atoms with E-state index in [1.807, 2.05) is 0 Å². The number of fused-ring (bicyclic) bond motifs is 2. The van der Waals surface area contributed by atoms with Gasteiger partial charge in [-0.15, -0.1) is 22.7 Å². The van der Waals surface area contributed by atoms with Gasteiger partial charge in [0.05, 0.1) is 4.88 Å². The Morgan fingerprint density at radius 3 is 2.52 bits per heavy atom. The zero-order valence-electron chi connectivity index (χ0n) is 14.3. The third-order valence-corrected chi connectivity index (χ3v) is 6.34. The summed E-state index contributed by atoms with van der Waals surface area (Å²) >= 11 is 3.58.